The molecule has 3 heteroatoms. The second-order valence-electron chi connectivity index (χ2n) is 5.86. The Hall–Kier alpha value is -1.06. The minimum atomic E-state index is 0.539. The normalized spacial score (nSPS) is 17.0. The van der Waals surface area contributed by atoms with Gasteiger partial charge in [-0.3, -0.25) is 0 Å². The maximum absolute atomic E-state index is 5.89. The maximum atomic E-state index is 5.89. The lowest BCUT2D eigenvalue weighted by Crippen LogP contribution is -2.24. The molecule has 21 heavy (non-hydrogen) atoms. The molecule has 0 bridgehead atoms. The lowest BCUT2D eigenvalue weighted by molar-refractivity contribution is 0.0842. The molecule has 0 aliphatic carbocycles. The van der Waals surface area contributed by atoms with Gasteiger partial charge in [-0.15, -0.1) is 0 Å². The van der Waals surface area contributed by atoms with Crippen molar-refractivity contribution in [3.63, 3.8) is 0 Å². The molecule has 3 nitrogen and oxygen atoms in total. The molecule has 1 fully saturated rings. The molecule has 1 aromatic carbocycles. The Bertz CT molecular complexity index is 402. The van der Waals surface area contributed by atoms with Crippen LogP contribution in [0.5, 0.6) is 5.75 Å². The number of benzene rings is 1. The van der Waals surface area contributed by atoms with Crippen LogP contribution < -0.4 is 4.74 Å². The number of likely N-dealkylation sites (tertiary alicyclic amines) is 1. The SMILES string of the molecule is CC[C@@H](C)c1ccccc1OCCOCCN1CCCC1. The summed E-state index contributed by atoms with van der Waals surface area (Å²) in [6.45, 7) is 10.1. The molecule has 1 aliphatic rings. The topological polar surface area (TPSA) is 21.7 Å². The molecule has 1 aliphatic heterocycles. The van der Waals surface area contributed by atoms with E-state index in [1.165, 1.54) is 31.5 Å². The summed E-state index contributed by atoms with van der Waals surface area (Å²) in [5.74, 6) is 1.55. The molecule has 1 heterocycles. The zero-order chi connectivity index (χ0) is 14.9. The number of para-hydroxylation sites is 1. The standard InChI is InChI=1S/C18H29NO2/c1-3-16(2)17-8-4-5-9-18(17)21-15-14-20-13-12-19-10-6-7-11-19/h4-5,8-9,16H,3,6-7,10-15H2,1-2H3/t16-/m1/s1. The van der Waals surface area contributed by atoms with E-state index in [1.807, 2.05) is 6.07 Å². The summed E-state index contributed by atoms with van der Waals surface area (Å²) in [7, 11) is 0. The van der Waals surface area contributed by atoms with Crippen molar-refractivity contribution in [2.45, 2.75) is 39.0 Å². The minimum Gasteiger partial charge on any atom is -0.491 e. The van der Waals surface area contributed by atoms with Crippen molar-refractivity contribution < 1.29 is 9.47 Å². The summed E-state index contributed by atoms with van der Waals surface area (Å²) in [5.41, 5.74) is 1.30. The third-order valence-electron chi connectivity index (χ3n) is 4.30. The summed E-state index contributed by atoms with van der Waals surface area (Å²) in [6, 6.07) is 8.35. The maximum Gasteiger partial charge on any atom is 0.122 e. The van der Waals surface area contributed by atoms with E-state index < -0.39 is 0 Å². The highest BCUT2D eigenvalue weighted by molar-refractivity contribution is 5.35. The Morgan fingerprint density at radius 1 is 1.10 bits per heavy atom. The predicted octanol–water partition coefficient (Wildman–Crippen LogP) is 3.69. The second kappa shape index (κ2) is 9.06. The van der Waals surface area contributed by atoms with Gasteiger partial charge in [0.15, 0.2) is 0 Å². The molecular weight excluding hydrogens is 262 g/mol. The average molecular weight is 291 g/mol. The summed E-state index contributed by atoms with van der Waals surface area (Å²) < 4.78 is 11.6. The fraction of sp³-hybridized carbons (Fsp3) is 0.667. The summed E-state index contributed by atoms with van der Waals surface area (Å²) in [5, 5.41) is 0. The average Bonchev–Trinajstić information content (AvgIpc) is 3.03. The smallest absolute Gasteiger partial charge is 0.122 e. The van der Waals surface area contributed by atoms with Crippen LogP contribution in [0.2, 0.25) is 0 Å². The monoisotopic (exact) mass is 291 g/mol. The van der Waals surface area contributed by atoms with E-state index in [1.54, 1.807) is 0 Å². The molecule has 1 aromatic rings. The fourth-order valence-electron chi connectivity index (χ4n) is 2.75. The van der Waals surface area contributed by atoms with Gasteiger partial charge in [0.2, 0.25) is 0 Å². The van der Waals surface area contributed by atoms with E-state index in [0.717, 1.165) is 25.3 Å². The number of ether oxygens (including phenoxy) is 2. The van der Waals surface area contributed by atoms with Gasteiger partial charge in [-0.25, -0.2) is 0 Å². The van der Waals surface area contributed by atoms with E-state index in [-0.39, 0.29) is 0 Å². The molecule has 118 valence electrons. The van der Waals surface area contributed by atoms with Crippen LogP contribution in [0.3, 0.4) is 0 Å². The van der Waals surface area contributed by atoms with Crippen molar-refractivity contribution in [2.75, 3.05) is 39.5 Å². The Morgan fingerprint density at radius 3 is 2.62 bits per heavy atom. The molecule has 0 spiro atoms. The van der Waals surface area contributed by atoms with E-state index >= 15 is 0 Å². The van der Waals surface area contributed by atoms with Crippen LogP contribution in [-0.4, -0.2) is 44.4 Å². The zero-order valence-corrected chi connectivity index (χ0v) is 13.5. The Labute approximate surface area is 129 Å². The molecule has 0 unspecified atom stereocenters. The molecule has 1 atom stereocenters. The molecule has 0 aromatic heterocycles. The minimum absolute atomic E-state index is 0.539. The van der Waals surface area contributed by atoms with Gasteiger partial charge in [0.1, 0.15) is 12.4 Å². The van der Waals surface area contributed by atoms with Gasteiger partial charge in [-0.2, -0.15) is 0 Å². The largest absolute Gasteiger partial charge is 0.491 e. The Morgan fingerprint density at radius 2 is 1.86 bits per heavy atom. The number of nitrogens with zero attached hydrogens (tertiary/aromatic N) is 1. The van der Waals surface area contributed by atoms with Crippen LogP contribution in [0.1, 0.15) is 44.6 Å². The molecule has 2 rings (SSSR count). The zero-order valence-electron chi connectivity index (χ0n) is 13.5. The first kappa shape index (κ1) is 16.3. The van der Waals surface area contributed by atoms with Gasteiger partial charge in [-0.1, -0.05) is 32.0 Å². The molecule has 0 amide bonds. The summed E-state index contributed by atoms with van der Waals surface area (Å²) in [6.07, 6.45) is 3.82. The molecule has 0 radical (unpaired) electrons. The summed E-state index contributed by atoms with van der Waals surface area (Å²) >= 11 is 0. The number of hydrogen-bond donors (Lipinski definition) is 0. The molecular formula is C18H29NO2. The molecule has 0 saturated carbocycles. The van der Waals surface area contributed by atoms with Gasteiger partial charge < -0.3 is 14.4 Å². The van der Waals surface area contributed by atoms with Crippen molar-refractivity contribution in [3.8, 4) is 5.75 Å². The quantitative estimate of drug-likeness (QED) is 0.648. The Balaban J connectivity index is 1.64. The van der Waals surface area contributed by atoms with Crippen molar-refractivity contribution in [1.29, 1.82) is 0 Å². The van der Waals surface area contributed by atoms with Crippen molar-refractivity contribution in [1.82, 2.24) is 4.90 Å². The third kappa shape index (κ3) is 5.33. The van der Waals surface area contributed by atoms with E-state index in [4.69, 9.17) is 9.47 Å². The lowest BCUT2D eigenvalue weighted by Gasteiger charge is -2.16. The van der Waals surface area contributed by atoms with E-state index in [0.29, 0.717) is 19.1 Å². The van der Waals surface area contributed by atoms with E-state index in [9.17, 15) is 0 Å². The van der Waals surface area contributed by atoms with Gasteiger partial charge in [-0.05, 0) is 49.9 Å². The van der Waals surface area contributed by atoms with Gasteiger partial charge in [0, 0.05) is 6.54 Å². The molecule has 0 N–H and O–H groups in total. The highest BCUT2D eigenvalue weighted by Gasteiger charge is 2.11. The van der Waals surface area contributed by atoms with Gasteiger partial charge in [0.25, 0.3) is 0 Å². The predicted molar refractivity (Wildman–Crippen MR) is 87.1 cm³/mol. The lowest BCUT2D eigenvalue weighted by atomic mass is 9.98. The second-order valence-corrected chi connectivity index (χ2v) is 5.86. The van der Waals surface area contributed by atoms with Crippen molar-refractivity contribution in [2.24, 2.45) is 0 Å². The van der Waals surface area contributed by atoms with Crippen molar-refractivity contribution in [3.05, 3.63) is 29.8 Å². The van der Waals surface area contributed by atoms with Crippen molar-refractivity contribution >= 4 is 0 Å². The highest BCUT2D eigenvalue weighted by atomic mass is 16.5. The Kier molecular flexibility index (Phi) is 7.04. The van der Waals surface area contributed by atoms with Gasteiger partial charge in [0.05, 0.1) is 13.2 Å². The highest BCUT2D eigenvalue weighted by Crippen LogP contribution is 2.28. The van der Waals surface area contributed by atoms with Crippen LogP contribution in [0.25, 0.3) is 0 Å². The first-order chi connectivity index (χ1) is 10.3. The van der Waals surface area contributed by atoms with Crippen LogP contribution >= 0.6 is 0 Å². The van der Waals surface area contributed by atoms with Crippen LogP contribution in [-0.2, 0) is 4.74 Å². The van der Waals surface area contributed by atoms with Crippen LogP contribution in [0.15, 0.2) is 24.3 Å². The number of rotatable bonds is 9. The summed E-state index contributed by atoms with van der Waals surface area (Å²) in [4.78, 5) is 2.47. The first-order valence-corrected chi connectivity index (χ1v) is 8.33. The van der Waals surface area contributed by atoms with E-state index in [2.05, 4.69) is 36.9 Å². The molecule has 1 saturated heterocycles. The number of hydrogen-bond acceptors (Lipinski definition) is 3. The first-order valence-electron chi connectivity index (χ1n) is 8.33. The van der Waals surface area contributed by atoms with Crippen LogP contribution in [0.4, 0.5) is 0 Å². The van der Waals surface area contributed by atoms with Crippen LogP contribution in [0, 0.1) is 0 Å². The van der Waals surface area contributed by atoms with Gasteiger partial charge >= 0.3 is 0 Å². The third-order valence-corrected chi connectivity index (χ3v) is 4.30. The fourth-order valence-corrected chi connectivity index (χ4v) is 2.75.